The number of anilines is 1. The van der Waals surface area contributed by atoms with Crippen LogP contribution in [-0.2, 0) is 9.53 Å². The molecule has 0 bridgehead atoms. The fraction of sp³-hybridized carbons (Fsp3) is 0.286. The molecule has 7 heteroatoms. The molecule has 148 valence electrons. The first-order valence-electron chi connectivity index (χ1n) is 8.99. The van der Waals surface area contributed by atoms with Crippen molar-refractivity contribution in [1.82, 2.24) is 4.90 Å². The monoisotopic (exact) mass is 400 g/mol. The number of carbonyl (C=O) groups excluding carboxylic acids is 3. The Bertz CT molecular complexity index is 833. The van der Waals surface area contributed by atoms with E-state index < -0.39 is 11.9 Å². The third-order valence-corrected chi connectivity index (χ3v) is 4.92. The van der Waals surface area contributed by atoms with E-state index in [1.165, 1.54) is 11.8 Å². The second kappa shape index (κ2) is 10.5. The molecule has 0 unspecified atom stereocenters. The van der Waals surface area contributed by atoms with Gasteiger partial charge in [0.2, 0.25) is 0 Å². The number of nitrogens with zero attached hydrogens (tertiary/aromatic N) is 1. The van der Waals surface area contributed by atoms with Crippen LogP contribution < -0.4 is 5.32 Å². The molecule has 2 amide bonds. The van der Waals surface area contributed by atoms with E-state index in [0.717, 1.165) is 4.90 Å². The van der Waals surface area contributed by atoms with Crippen LogP contribution in [0.4, 0.5) is 5.69 Å². The standard InChI is InChI=1S/C21H24N2O4S/c1-4-23(5-2)20(25)15-10-12-16(13-11-15)22-19(24)14-27-21(26)17-8-6-7-9-18(17)28-3/h6-13H,4-5,14H2,1-3H3,(H,22,24). The number of carbonyl (C=O) groups is 3. The van der Waals surface area contributed by atoms with E-state index in [2.05, 4.69) is 5.32 Å². The van der Waals surface area contributed by atoms with Gasteiger partial charge >= 0.3 is 5.97 Å². The highest BCUT2D eigenvalue weighted by molar-refractivity contribution is 7.98. The fourth-order valence-electron chi connectivity index (χ4n) is 2.61. The summed E-state index contributed by atoms with van der Waals surface area (Å²) in [6, 6.07) is 13.7. The predicted molar refractivity (Wildman–Crippen MR) is 111 cm³/mol. The molecule has 2 aromatic rings. The number of thioether (sulfide) groups is 1. The minimum atomic E-state index is -0.541. The Morgan fingerprint density at radius 1 is 1.00 bits per heavy atom. The molecule has 0 aliphatic rings. The maximum atomic E-state index is 12.3. The zero-order valence-corrected chi connectivity index (χ0v) is 17.0. The van der Waals surface area contributed by atoms with Crippen molar-refractivity contribution < 1.29 is 19.1 Å². The van der Waals surface area contributed by atoms with E-state index in [9.17, 15) is 14.4 Å². The van der Waals surface area contributed by atoms with Gasteiger partial charge in [0.05, 0.1) is 5.56 Å². The molecule has 0 aromatic heterocycles. The van der Waals surface area contributed by atoms with Gasteiger partial charge in [0.25, 0.3) is 11.8 Å². The first-order valence-corrected chi connectivity index (χ1v) is 10.2. The fourth-order valence-corrected chi connectivity index (χ4v) is 3.19. The van der Waals surface area contributed by atoms with Crippen molar-refractivity contribution in [2.75, 3.05) is 31.3 Å². The highest BCUT2D eigenvalue weighted by Gasteiger charge is 2.15. The molecule has 2 rings (SSSR count). The van der Waals surface area contributed by atoms with Gasteiger partial charge in [-0.25, -0.2) is 4.79 Å². The second-order valence-electron chi connectivity index (χ2n) is 5.88. The van der Waals surface area contributed by atoms with Crippen LogP contribution in [0.3, 0.4) is 0 Å². The molecule has 28 heavy (non-hydrogen) atoms. The molecule has 0 saturated carbocycles. The lowest BCUT2D eigenvalue weighted by Gasteiger charge is -2.18. The second-order valence-corrected chi connectivity index (χ2v) is 6.73. The summed E-state index contributed by atoms with van der Waals surface area (Å²) in [7, 11) is 0. The topological polar surface area (TPSA) is 75.7 Å². The molecule has 0 aliphatic heterocycles. The molecule has 6 nitrogen and oxygen atoms in total. The molecular formula is C21H24N2O4S. The molecular weight excluding hydrogens is 376 g/mol. The first kappa shape index (κ1) is 21.5. The van der Waals surface area contributed by atoms with E-state index in [1.54, 1.807) is 41.3 Å². The van der Waals surface area contributed by atoms with E-state index in [4.69, 9.17) is 4.74 Å². The largest absolute Gasteiger partial charge is 0.452 e. The smallest absolute Gasteiger partial charge is 0.339 e. The first-order chi connectivity index (χ1) is 13.5. The molecule has 0 aliphatic carbocycles. The van der Waals surface area contributed by atoms with Crippen LogP contribution in [0.1, 0.15) is 34.6 Å². The lowest BCUT2D eigenvalue weighted by molar-refractivity contribution is -0.119. The zero-order valence-electron chi connectivity index (χ0n) is 16.2. The molecule has 2 aromatic carbocycles. The van der Waals surface area contributed by atoms with E-state index >= 15 is 0 Å². The van der Waals surface area contributed by atoms with Crippen molar-refractivity contribution >= 4 is 35.2 Å². The summed E-state index contributed by atoms with van der Waals surface area (Å²) in [5, 5.41) is 2.65. The molecule has 0 spiro atoms. The van der Waals surface area contributed by atoms with E-state index in [-0.39, 0.29) is 12.5 Å². The average Bonchev–Trinajstić information content (AvgIpc) is 2.73. The maximum Gasteiger partial charge on any atom is 0.339 e. The van der Waals surface area contributed by atoms with Gasteiger partial charge in [-0.3, -0.25) is 9.59 Å². The lowest BCUT2D eigenvalue weighted by atomic mass is 10.2. The number of amides is 2. The SMILES string of the molecule is CCN(CC)C(=O)c1ccc(NC(=O)COC(=O)c2ccccc2SC)cc1. The normalized spacial score (nSPS) is 10.2. The van der Waals surface area contributed by atoms with Crippen molar-refractivity contribution in [1.29, 1.82) is 0 Å². The highest BCUT2D eigenvalue weighted by atomic mass is 32.2. The van der Waals surface area contributed by atoms with Gasteiger partial charge in [0.15, 0.2) is 6.61 Å². The Balaban J connectivity index is 1.91. The van der Waals surface area contributed by atoms with E-state index in [0.29, 0.717) is 29.9 Å². The number of ether oxygens (including phenoxy) is 1. The minimum absolute atomic E-state index is 0.0516. The number of rotatable bonds is 8. The third-order valence-electron chi connectivity index (χ3n) is 4.13. The summed E-state index contributed by atoms with van der Waals surface area (Å²) < 4.78 is 5.10. The van der Waals surface area contributed by atoms with Gasteiger partial charge in [0.1, 0.15) is 0 Å². The molecule has 0 atom stereocenters. The van der Waals surface area contributed by atoms with E-state index in [1.807, 2.05) is 32.2 Å². The van der Waals surface area contributed by atoms with Crippen LogP contribution in [0, 0.1) is 0 Å². The molecule has 0 radical (unpaired) electrons. The van der Waals surface area contributed by atoms with Crippen molar-refractivity contribution in [2.45, 2.75) is 18.7 Å². The van der Waals surface area contributed by atoms with Crippen LogP contribution in [0.2, 0.25) is 0 Å². The summed E-state index contributed by atoms with van der Waals surface area (Å²) in [6.07, 6.45) is 1.87. The Labute approximate surface area is 169 Å². The molecule has 0 heterocycles. The Morgan fingerprint density at radius 3 is 2.25 bits per heavy atom. The van der Waals surface area contributed by atoms with Crippen LogP contribution >= 0.6 is 11.8 Å². The zero-order chi connectivity index (χ0) is 20.5. The van der Waals surface area contributed by atoms with Gasteiger partial charge < -0.3 is 15.0 Å². The number of hydrogen-bond donors (Lipinski definition) is 1. The summed E-state index contributed by atoms with van der Waals surface area (Å²) in [4.78, 5) is 39.0. The minimum Gasteiger partial charge on any atom is -0.452 e. The number of nitrogens with one attached hydrogen (secondary N) is 1. The number of hydrogen-bond acceptors (Lipinski definition) is 5. The van der Waals surface area contributed by atoms with Gasteiger partial charge in [-0.15, -0.1) is 11.8 Å². The van der Waals surface area contributed by atoms with Gasteiger partial charge in [-0.2, -0.15) is 0 Å². The lowest BCUT2D eigenvalue weighted by Crippen LogP contribution is -2.30. The summed E-state index contributed by atoms with van der Waals surface area (Å²) >= 11 is 1.44. The van der Waals surface area contributed by atoms with Gasteiger partial charge in [0, 0.05) is 29.2 Å². The molecule has 1 N–H and O–H groups in total. The molecule has 0 saturated heterocycles. The number of esters is 1. The Morgan fingerprint density at radius 2 is 1.64 bits per heavy atom. The van der Waals surface area contributed by atoms with Crippen molar-refractivity contribution in [3.05, 3.63) is 59.7 Å². The highest BCUT2D eigenvalue weighted by Crippen LogP contribution is 2.20. The number of benzene rings is 2. The average molecular weight is 401 g/mol. The van der Waals surface area contributed by atoms with Crippen LogP contribution in [0.25, 0.3) is 0 Å². The summed E-state index contributed by atoms with van der Waals surface area (Å²) in [6.45, 7) is 4.74. The van der Waals surface area contributed by atoms with Gasteiger partial charge in [-0.05, 0) is 56.5 Å². The predicted octanol–water partition coefficient (Wildman–Crippen LogP) is 3.69. The maximum absolute atomic E-state index is 12.3. The molecule has 0 fully saturated rings. The summed E-state index contributed by atoms with van der Waals surface area (Å²) in [5.74, 6) is -1.04. The van der Waals surface area contributed by atoms with Crippen molar-refractivity contribution in [3.63, 3.8) is 0 Å². The van der Waals surface area contributed by atoms with Crippen molar-refractivity contribution in [3.8, 4) is 0 Å². The van der Waals surface area contributed by atoms with Crippen LogP contribution in [0.5, 0.6) is 0 Å². The van der Waals surface area contributed by atoms with Gasteiger partial charge in [-0.1, -0.05) is 12.1 Å². The Hall–Kier alpha value is -2.80. The van der Waals surface area contributed by atoms with Crippen LogP contribution in [-0.4, -0.2) is 48.6 Å². The Kier molecular flexibility index (Phi) is 8.07. The third kappa shape index (κ3) is 5.60. The quantitative estimate of drug-likeness (QED) is 0.540. The summed E-state index contributed by atoms with van der Waals surface area (Å²) in [5.41, 5.74) is 1.52. The van der Waals surface area contributed by atoms with Crippen molar-refractivity contribution in [2.24, 2.45) is 0 Å². The van der Waals surface area contributed by atoms with Crippen LogP contribution in [0.15, 0.2) is 53.4 Å².